The van der Waals surface area contributed by atoms with Crippen LogP contribution < -0.4 is 0 Å². The van der Waals surface area contributed by atoms with E-state index in [-0.39, 0.29) is 11.9 Å². The van der Waals surface area contributed by atoms with E-state index in [2.05, 4.69) is 28.8 Å². The van der Waals surface area contributed by atoms with Gasteiger partial charge >= 0.3 is 0 Å². The standard InChI is InChI=1S/C15H20N4OS/c1-10-8-18(3)4-5-19(10)15(20)13-6-12(7-16-13)14-9-21-11(2)17-14/h6-7,9-10,16H,4-5,8H2,1-3H3. The molecule has 1 N–H and O–H groups in total. The Morgan fingerprint density at radius 3 is 2.95 bits per heavy atom. The van der Waals surface area contributed by atoms with Gasteiger partial charge in [-0.05, 0) is 27.0 Å². The SMILES string of the molecule is Cc1nc(-c2c[nH]c(C(=O)N3CCN(C)CC3C)c2)cs1. The van der Waals surface area contributed by atoms with E-state index in [9.17, 15) is 4.79 Å². The van der Waals surface area contributed by atoms with Crippen LogP contribution in [-0.2, 0) is 0 Å². The van der Waals surface area contributed by atoms with E-state index in [0.717, 1.165) is 35.9 Å². The quantitative estimate of drug-likeness (QED) is 0.925. The van der Waals surface area contributed by atoms with E-state index in [0.29, 0.717) is 5.69 Å². The average Bonchev–Trinajstić information content (AvgIpc) is 3.06. The molecule has 0 aromatic carbocycles. The van der Waals surface area contributed by atoms with Gasteiger partial charge < -0.3 is 14.8 Å². The second-order valence-corrected chi connectivity index (χ2v) is 6.73. The molecular weight excluding hydrogens is 284 g/mol. The van der Waals surface area contributed by atoms with E-state index < -0.39 is 0 Å². The monoisotopic (exact) mass is 304 g/mol. The number of aromatic nitrogens is 2. The summed E-state index contributed by atoms with van der Waals surface area (Å²) < 4.78 is 0. The summed E-state index contributed by atoms with van der Waals surface area (Å²) in [6, 6.07) is 2.14. The molecule has 1 atom stereocenters. The van der Waals surface area contributed by atoms with Gasteiger partial charge in [-0.1, -0.05) is 0 Å². The average molecular weight is 304 g/mol. The van der Waals surface area contributed by atoms with Crippen LogP contribution in [0.1, 0.15) is 22.4 Å². The smallest absolute Gasteiger partial charge is 0.270 e. The van der Waals surface area contributed by atoms with Crippen LogP contribution in [0.25, 0.3) is 11.3 Å². The van der Waals surface area contributed by atoms with Crippen LogP contribution in [0.15, 0.2) is 17.6 Å². The first-order valence-corrected chi connectivity index (χ1v) is 8.03. The summed E-state index contributed by atoms with van der Waals surface area (Å²) in [5, 5.41) is 3.05. The lowest BCUT2D eigenvalue weighted by atomic mass is 10.1. The van der Waals surface area contributed by atoms with Gasteiger partial charge in [0, 0.05) is 42.8 Å². The van der Waals surface area contributed by atoms with Crippen molar-refractivity contribution in [3.63, 3.8) is 0 Å². The summed E-state index contributed by atoms with van der Waals surface area (Å²) in [5.74, 6) is 0.0776. The van der Waals surface area contributed by atoms with Gasteiger partial charge in [0.25, 0.3) is 5.91 Å². The van der Waals surface area contributed by atoms with Crippen molar-refractivity contribution in [3.05, 3.63) is 28.3 Å². The summed E-state index contributed by atoms with van der Waals surface area (Å²) in [6.07, 6.45) is 1.86. The van der Waals surface area contributed by atoms with Gasteiger partial charge in [-0.3, -0.25) is 4.79 Å². The Morgan fingerprint density at radius 1 is 1.48 bits per heavy atom. The summed E-state index contributed by atoms with van der Waals surface area (Å²) in [6.45, 7) is 6.71. The van der Waals surface area contributed by atoms with Gasteiger partial charge in [0.05, 0.1) is 10.7 Å². The lowest BCUT2D eigenvalue weighted by molar-refractivity contribution is 0.0528. The molecule has 0 saturated carbocycles. The highest BCUT2D eigenvalue weighted by Gasteiger charge is 2.27. The molecule has 1 amide bonds. The first-order valence-electron chi connectivity index (χ1n) is 7.15. The molecule has 0 radical (unpaired) electrons. The molecule has 3 rings (SSSR count). The van der Waals surface area contributed by atoms with Crippen LogP contribution in [0, 0.1) is 6.92 Å². The van der Waals surface area contributed by atoms with Crippen LogP contribution >= 0.6 is 11.3 Å². The van der Waals surface area contributed by atoms with Gasteiger partial charge in [-0.25, -0.2) is 4.98 Å². The minimum Gasteiger partial charge on any atom is -0.357 e. The number of piperazine rings is 1. The number of nitrogens with zero attached hydrogens (tertiary/aromatic N) is 3. The van der Waals surface area contributed by atoms with E-state index in [1.165, 1.54) is 0 Å². The Morgan fingerprint density at radius 2 is 2.29 bits per heavy atom. The Kier molecular flexibility index (Phi) is 3.82. The van der Waals surface area contributed by atoms with Gasteiger partial charge in [0.1, 0.15) is 5.69 Å². The largest absolute Gasteiger partial charge is 0.357 e. The fourth-order valence-corrected chi connectivity index (χ4v) is 3.38. The van der Waals surface area contributed by atoms with Crippen molar-refractivity contribution in [2.45, 2.75) is 19.9 Å². The van der Waals surface area contributed by atoms with Crippen LogP contribution in [0.5, 0.6) is 0 Å². The zero-order chi connectivity index (χ0) is 15.0. The number of hydrogen-bond acceptors (Lipinski definition) is 4. The summed E-state index contributed by atoms with van der Waals surface area (Å²) in [5.41, 5.74) is 2.55. The summed E-state index contributed by atoms with van der Waals surface area (Å²) in [7, 11) is 2.09. The van der Waals surface area contributed by atoms with Crippen LogP contribution in [0.4, 0.5) is 0 Å². The molecule has 0 spiro atoms. The first kappa shape index (κ1) is 14.3. The van der Waals surface area contributed by atoms with Crippen LogP contribution in [0.2, 0.25) is 0 Å². The number of rotatable bonds is 2. The second kappa shape index (κ2) is 5.61. The third kappa shape index (κ3) is 2.87. The number of H-pyrrole nitrogens is 1. The van der Waals surface area contributed by atoms with Crippen molar-refractivity contribution >= 4 is 17.2 Å². The Balaban J connectivity index is 1.78. The molecule has 1 fully saturated rings. The minimum atomic E-state index is 0.0776. The number of carbonyl (C=O) groups is 1. The van der Waals surface area contributed by atoms with Crippen molar-refractivity contribution in [1.29, 1.82) is 0 Å². The molecule has 112 valence electrons. The molecule has 1 unspecified atom stereocenters. The zero-order valence-corrected chi connectivity index (χ0v) is 13.4. The number of carbonyl (C=O) groups excluding carboxylic acids is 1. The zero-order valence-electron chi connectivity index (χ0n) is 12.6. The Bertz CT molecular complexity index is 648. The highest BCUT2D eigenvalue weighted by atomic mass is 32.1. The molecule has 3 heterocycles. The normalized spacial score (nSPS) is 20.0. The van der Waals surface area contributed by atoms with Gasteiger partial charge in [-0.15, -0.1) is 11.3 Å². The van der Waals surface area contributed by atoms with Crippen molar-refractivity contribution in [2.75, 3.05) is 26.7 Å². The third-order valence-corrected chi connectivity index (χ3v) is 4.69. The predicted octanol–water partition coefficient (Wildman–Crippen LogP) is 2.22. The van der Waals surface area contributed by atoms with Crippen molar-refractivity contribution < 1.29 is 4.79 Å². The molecule has 0 bridgehead atoms. The van der Waals surface area contributed by atoms with Crippen molar-refractivity contribution in [3.8, 4) is 11.3 Å². The highest BCUT2D eigenvalue weighted by Crippen LogP contribution is 2.23. The molecule has 6 heteroatoms. The van der Waals surface area contributed by atoms with Gasteiger partial charge in [-0.2, -0.15) is 0 Å². The molecular formula is C15H20N4OS. The Labute approximate surface area is 128 Å². The molecule has 1 aliphatic rings. The fraction of sp³-hybridized carbons (Fsp3) is 0.467. The topological polar surface area (TPSA) is 52.2 Å². The molecule has 2 aromatic rings. The van der Waals surface area contributed by atoms with E-state index in [1.54, 1.807) is 11.3 Å². The molecule has 1 aliphatic heterocycles. The number of aryl methyl sites for hydroxylation is 1. The second-order valence-electron chi connectivity index (χ2n) is 5.66. The van der Waals surface area contributed by atoms with Gasteiger partial charge in [0.15, 0.2) is 0 Å². The number of likely N-dealkylation sites (N-methyl/N-ethyl adjacent to an activating group) is 1. The van der Waals surface area contributed by atoms with Crippen molar-refractivity contribution in [1.82, 2.24) is 19.8 Å². The molecule has 1 saturated heterocycles. The Hall–Kier alpha value is -1.66. The highest BCUT2D eigenvalue weighted by molar-refractivity contribution is 7.09. The predicted molar refractivity (Wildman–Crippen MR) is 84.6 cm³/mol. The maximum absolute atomic E-state index is 12.6. The number of hydrogen-bond donors (Lipinski definition) is 1. The summed E-state index contributed by atoms with van der Waals surface area (Å²) >= 11 is 1.62. The van der Waals surface area contributed by atoms with Crippen molar-refractivity contribution in [2.24, 2.45) is 0 Å². The lowest BCUT2D eigenvalue weighted by Gasteiger charge is -2.38. The van der Waals surface area contributed by atoms with Crippen LogP contribution in [0.3, 0.4) is 0 Å². The first-order chi connectivity index (χ1) is 10.0. The molecule has 5 nitrogen and oxygen atoms in total. The fourth-order valence-electron chi connectivity index (χ4n) is 2.76. The minimum absolute atomic E-state index is 0.0776. The molecule has 0 aliphatic carbocycles. The maximum atomic E-state index is 12.6. The number of nitrogens with one attached hydrogen (secondary N) is 1. The molecule has 2 aromatic heterocycles. The van der Waals surface area contributed by atoms with Gasteiger partial charge in [0.2, 0.25) is 0 Å². The lowest BCUT2D eigenvalue weighted by Crippen LogP contribution is -2.52. The summed E-state index contributed by atoms with van der Waals surface area (Å²) in [4.78, 5) is 24.4. The number of aromatic amines is 1. The van der Waals surface area contributed by atoms with E-state index in [4.69, 9.17) is 0 Å². The van der Waals surface area contributed by atoms with E-state index in [1.807, 2.05) is 29.5 Å². The molecule has 21 heavy (non-hydrogen) atoms. The number of thiazole rings is 1. The van der Waals surface area contributed by atoms with E-state index >= 15 is 0 Å². The van der Waals surface area contributed by atoms with Crippen LogP contribution in [-0.4, -0.2) is 58.4 Å². The third-order valence-electron chi connectivity index (χ3n) is 3.92. The maximum Gasteiger partial charge on any atom is 0.270 e. The number of amides is 1.